The molecule has 0 aromatic heterocycles. The topological polar surface area (TPSA) is 46.3 Å². The number of amides is 1. The van der Waals surface area contributed by atoms with Gasteiger partial charge in [0.15, 0.2) is 0 Å². The van der Waals surface area contributed by atoms with Crippen LogP contribution in [0.1, 0.15) is 46.0 Å². The number of carbonyl (C=O) groups excluding carboxylic acids is 1. The molecular weight excluding hydrogens is 200 g/mol. The van der Waals surface area contributed by atoms with E-state index in [9.17, 15) is 4.79 Å². The second-order valence-electron chi connectivity index (χ2n) is 5.75. The summed E-state index contributed by atoms with van der Waals surface area (Å²) in [7, 11) is 0. The Hall–Kier alpha value is -0.570. The van der Waals surface area contributed by atoms with E-state index in [1.165, 1.54) is 12.8 Å². The van der Waals surface area contributed by atoms with Gasteiger partial charge in [-0.1, -0.05) is 6.92 Å². The van der Waals surface area contributed by atoms with Crippen molar-refractivity contribution >= 4 is 5.91 Å². The Kier molecular flexibility index (Phi) is 3.24. The molecule has 0 aromatic rings. The lowest BCUT2D eigenvalue weighted by Gasteiger charge is -2.32. The normalized spacial score (nSPS) is 23.9. The average Bonchev–Trinajstić information content (AvgIpc) is 3.07. The van der Waals surface area contributed by atoms with Gasteiger partial charge in [0.25, 0.3) is 0 Å². The van der Waals surface area contributed by atoms with Gasteiger partial charge in [0.05, 0.1) is 5.54 Å². The number of hydrogen-bond donors (Lipinski definition) is 1. The molecule has 0 radical (unpaired) electrons. The number of rotatable bonds is 6. The molecule has 2 N–H and O–H groups in total. The smallest absolute Gasteiger partial charge is 0.242 e. The first-order valence-electron chi connectivity index (χ1n) is 6.64. The molecule has 0 aromatic carbocycles. The molecule has 0 saturated heterocycles. The highest BCUT2D eigenvalue weighted by Gasteiger charge is 2.46. The monoisotopic (exact) mass is 224 g/mol. The van der Waals surface area contributed by atoms with Crippen molar-refractivity contribution in [1.82, 2.24) is 4.90 Å². The third-order valence-corrected chi connectivity index (χ3v) is 3.84. The summed E-state index contributed by atoms with van der Waals surface area (Å²) >= 11 is 0. The SMILES string of the molecule is CCCN(CC1CC1)C(=O)C(C)(N)C1CC1. The van der Waals surface area contributed by atoms with E-state index in [0.717, 1.165) is 38.3 Å². The Morgan fingerprint density at radius 2 is 2.00 bits per heavy atom. The molecule has 16 heavy (non-hydrogen) atoms. The van der Waals surface area contributed by atoms with Crippen molar-refractivity contribution in [2.24, 2.45) is 17.6 Å². The first-order valence-corrected chi connectivity index (χ1v) is 6.64. The van der Waals surface area contributed by atoms with E-state index in [0.29, 0.717) is 5.92 Å². The maximum absolute atomic E-state index is 12.4. The van der Waals surface area contributed by atoms with E-state index in [1.807, 2.05) is 11.8 Å². The van der Waals surface area contributed by atoms with Gasteiger partial charge in [-0.2, -0.15) is 0 Å². The molecule has 3 nitrogen and oxygen atoms in total. The van der Waals surface area contributed by atoms with Crippen LogP contribution in [0.25, 0.3) is 0 Å². The fourth-order valence-electron chi connectivity index (χ4n) is 2.36. The van der Waals surface area contributed by atoms with Gasteiger partial charge in [-0.25, -0.2) is 0 Å². The van der Waals surface area contributed by atoms with Crippen molar-refractivity contribution in [3.8, 4) is 0 Å². The fourth-order valence-corrected chi connectivity index (χ4v) is 2.36. The number of carbonyl (C=O) groups is 1. The zero-order valence-electron chi connectivity index (χ0n) is 10.5. The summed E-state index contributed by atoms with van der Waals surface area (Å²) in [5, 5.41) is 0. The van der Waals surface area contributed by atoms with Gasteiger partial charge in [0.1, 0.15) is 0 Å². The predicted molar refractivity (Wildman–Crippen MR) is 64.9 cm³/mol. The molecule has 0 heterocycles. The van der Waals surface area contributed by atoms with Crippen molar-refractivity contribution in [3.05, 3.63) is 0 Å². The lowest BCUT2D eigenvalue weighted by Crippen LogP contribution is -2.55. The molecule has 1 atom stereocenters. The molecule has 2 saturated carbocycles. The Morgan fingerprint density at radius 3 is 2.44 bits per heavy atom. The molecular formula is C13H24N2O. The summed E-state index contributed by atoms with van der Waals surface area (Å²) < 4.78 is 0. The summed E-state index contributed by atoms with van der Waals surface area (Å²) in [4.78, 5) is 14.4. The Labute approximate surface area is 98.4 Å². The highest BCUT2D eigenvalue weighted by atomic mass is 16.2. The first-order chi connectivity index (χ1) is 7.55. The van der Waals surface area contributed by atoms with Crippen molar-refractivity contribution in [2.75, 3.05) is 13.1 Å². The third-order valence-electron chi connectivity index (χ3n) is 3.84. The highest BCUT2D eigenvalue weighted by Crippen LogP contribution is 2.39. The summed E-state index contributed by atoms with van der Waals surface area (Å²) in [6.07, 6.45) is 5.86. The minimum atomic E-state index is -0.607. The van der Waals surface area contributed by atoms with Crippen LogP contribution in [0.3, 0.4) is 0 Å². The van der Waals surface area contributed by atoms with Gasteiger partial charge in [0.2, 0.25) is 5.91 Å². The van der Waals surface area contributed by atoms with Crippen molar-refractivity contribution in [3.63, 3.8) is 0 Å². The van der Waals surface area contributed by atoms with Gasteiger partial charge in [-0.05, 0) is 50.9 Å². The van der Waals surface area contributed by atoms with Crippen LogP contribution in [0.4, 0.5) is 0 Å². The van der Waals surface area contributed by atoms with Crippen LogP contribution in [0.2, 0.25) is 0 Å². The van der Waals surface area contributed by atoms with Crippen molar-refractivity contribution in [1.29, 1.82) is 0 Å². The zero-order valence-corrected chi connectivity index (χ0v) is 10.5. The van der Waals surface area contributed by atoms with E-state index in [1.54, 1.807) is 0 Å². The van der Waals surface area contributed by atoms with Crippen LogP contribution in [-0.4, -0.2) is 29.4 Å². The van der Waals surface area contributed by atoms with Crippen LogP contribution in [0, 0.1) is 11.8 Å². The maximum atomic E-state index is 12.4. The Bertz CT molecular complexity index is 267. The Morgan fingerprint density at radius 1 is 1.38 bits per heavy atom. The second-order valence-corrected chi connectivity index (χ2v) is 5.75. The van der Waals surface area contributed by atoms with E-state index < -0.39 is 5.54 Å². The zero-order chi connectivity index (χ0) is 11.8. The van der Waals surface area contributed by atoms with E-state index in [4.69, 9.17) is 5.73 Å². The summed E-state index contributed by atoms with van der Waals surface area (Å²) in [6.45, 7) is 5.85. The van der Waals surface area contributed by atoms with Crippen molar-refractivity contribution < 1.29 is 4.79 Å². The lowest BCUT2D eigenvalue weighted by atomic mass is 9.95. The van der Waals surface area contributed by atoms with Gasteiger partial charge in [-0.3, -0.25) is 4.79 Å². The van der Waals surface area contributed by atoms with Crippen LogP contribution >= 0.6 is 0 Å². The predicted octanol–water partition coefficient (Wildman–Crippen LogP) is 1.76. The number of nitrogens with zero attached hydrogens (tertiary/aromatic N) is 1. The Balaban J connectivity index is 1.96. The first kappa shape index (κ1) is 11.9. The van der Waals surface area contributed by atoms with Crippen LogP contribution in [0.15, 0.2) is 0 Å². The average molecular weight is 224 g/mol. The molecule has 3 heteroatoms. The van der Waals surface area contributed by atoms with E-state index in [-0.39, 0.29) is 5.91 Å². The van der Waals surface area contributed by atoms with Gasteiger partial charge >= 0.3 is 0 Å². The molecule has 1 amide bonds. The maximum Gasteiger partial charge on any atom is 0.242 e. The molecule has 1 unspecified atom stereocenters. The largest absolute Gasteiger partial charge is 0.341 e. The summed E-state index contributed by atoms with van der Waals surface area (Å²) in [5.41, 5.74) is 5.59. The number of hydrogen-bond acceptors (Lipinski definition) is 2. The molecule has 0 aliphatic heterocycles. The second kappa shape index (κ2) is 4.36. The minimum absolute atomic E-state index is 0.184. The summed E-state index contributed by atoms with van der Waals surface area (Å²) in [5.74, 6) is 1.37. The van der Waals surface area contributed by atoms with Gasteiger partial charge < -0.3 is 10.6 Å². The van der Waals surface area contributed by atoms with Crippen LogP contribution in [-0.2, 0) is 4.79 Å². The quantitative estimate of drug-likeness (QED) is 0.747. The van der Waals surface area contributed by atoms with Crippen molar-refractivity contribution in [2.45, 2.75) is 51.5 Å². The molecule has 2 aliphatic carbocycles. The van der Waals surface area contributed by atoms with Crippen LogP contribution in [0.5, 0.6) is 0 Å². The van der Waals surface area contributed by atoms with E-state index >= 15 is 0 Å². The third kappa shape index (κ3) is 2.57. The van der Waals surface area contributed by atoms with Crippen LogP contribution < -0.4 is 5.73 Å². The molecule has 2 rings (SSSR count). The van der Waals surface area contributed by atoms with E-state index in [2.05, 4.69) is 6.92 Å². The molecule has 2 fully saturated rings. The summed E-state index contributed by atoms with van der Waals surface area (Å²) in [6, 6.07) is 0. The number of nitrogens with two attached hydrogens (primary N) is 1. The van der Waals surface area contributed by atoms with Gasteiger partial charge in [-0.15, -0.1) is 0 Å². The fraction of sp³-hybridized carbons (Fsp3) is 0.923. The highest BCUT2D eigenvalue weighted by molar-refractivity contribution is 5.86. The molecule has 0 spiro atoms. The van der Waals surface area contributed by atoms with Gasteiger partial charge in [0, 0.05) is 13.1 Å². The minimum Gasteiger partial charge on any atom is -0.341 e. The standard InChI is InChI=1S/C13H24N2O/c1-3-8-15(9-10-4-5-10)12(16)13(2,14)11-6-7-11/h10-11H,3-9,14H2,1-2H3. The molecule has 92 valence electrons. The lowest BCUT2D eigenvalue weighted by molar-refractivity contribution is -0.137. The molecule has 0 bridgehead atoms. The molecule has 2 aliphatic rings.